The monoisotopic (exact) mass is 392 g/mol. The summed E-state index contributed by atoms with van der Waals surface area (Å²) in [4.78, 5) is 10.5. The number of unbranched alkanes of at least 4 members (excludes halogenated alkanes) is 1. The Hall–Kier alpha value is -0.910. The van der Waals surface area contributed by atoms with Crippen LogP contribution in [-0.2, 0) is 21.7 Å². The third kappa shape index (κ3) is 5.54. The summed E-state index contributed by atoms with van der Waals surface area (Å²) in [6.45, 7) is 0. The van der Waals surface area contributed by atoms with E-state index in [-0.39, 0.29) is 6.42 Å². The molecule has 0 aromatic heterocycles. The first-order valence-corrected chi connectivity index (χ1v) is 12.0. The number of carboxylic acids is 1. The van der Waals surface area contributed by atoms with Crippen molar-refractivity contribution in [2.45, 2.75) is 54.8 Å². The number of hydrogen-bond acceptors (Lipinski definition) is 3. The molecule has 0 radical (unpaired) electrons. The molecule has 1 N–H and O–H groups in total. The van der Waals surface area contributed by atoms with E-state index in [9.17, 15) is 9.35 Å². The molecule has 3 rings (SSSR count). The first-order chi connectivity index (χ1) is 12.6. The molecule has 0 saturated carbocycles. The fourth-order valence-electron chi connectivity index (χ4n) is 4.20. The number of carbonyl (C=O) groups is 1. The molecule has 26 heavy (non-hydrogen) atoms. The molecule has 2 bridgehead atoms. The zero-order valence-electron chi connectivity index (χ0n) is 15.1. The van der Waals surface area contributed by atoms with Gasteiger partial charge in [-0.1, -0.05) is 42.5 Å². The molecule has 0 spiro atoms. The second-order valence-corrected chi connectivity index (χ2v) is 10.3. The number of allylic oxidation sites excluding steroid dienone is 2. The molecule has 0 amide bonds. The molecule has 5 atom stereocenters. The maximum absolute atomic E-state index is 12.7. The van der Waals surface area contributed by atoms with Crippen LogP contribution in [0.2, 0.25) is 0 Å². The van der Waals surface area contributed by atoms with E-state index in [1.165, 1.54) is 12.8 Å². The number of aliphatic carboxylic acids is 1. The van der Waals surface area contributed by atoms with E-state index < -0.39 is 17.1 Å². The lowest BCUT2D eigenvalue weighted by molar-refractivity contribution is -0.137. The average molecular weight is 393 g/mol. The van der Waals surface area contributed by atoms with Crippen molar-refractivity contribution < 1.29 is 14.5 Å². The third-order valence-corrected chi connectivity index (χ3v) is 8.76. The van der Waals surface area contributed by atoms with Crippen molar-refractivity contribution >= 4 is 28.9 Å². The Bertz CT molecular complexity index is 605. The van der Waals surface area contributed by atoms with Gasteiger partial charge in [-0.15, -0.1) is 0 Å². The minimum atomic E-state index is -0.802. The second kappa shape index (κ2) is 9.86. The maximum Gasteiger partial charge on any atom is 0.303 e. The number of hydrogen-bond donors (Lipinski definition) is 1. The molecule has 1 aromatic rings. The fourth-order valence-corrected chi connectivity index (χ4v) is 7.92. The van der Waals surface area contributed by atoms with E-state index in [2.05, 4.69) is 36.0 Å². The molecule has 1 unspecified atom stereocenters. The van der Waals surface area contributed by atoms with Crippen LogP contribution in [0.25, 0.3) is 0 Å². The fraction of sp³-hybridized carbons (Fsp3) is 0.571. The molecule has 2 heterocycles. The topological polar surface area (TPSA) is 60.4 Å². The van der Waals surface area contributed by atoms with Crippen molar-refractivity contribution in [3.63, 3.8) is 0 Å². The highest BCUT2D eigenvalue weighted by molar-refractivity contribution is 8.01. The minimum Gasteiger partial charge on any atom is -0.616 e. The number of thioether (sulfide) groups is 1. The predicted octanol–water partition coefficient (Wildman–Crippen LogP) is 4.65. The van der Waals surface area contributed by atoms with Gasteiger partial charge < -0.3 is 9.66 Å². The van der Waals surface area contributed by atoms with Crippen LogP contribution in [0.5, 0.6) is 0 Å². The van der Waals surface area contributed by atoms with Gasteiger partial charge in [-0.25, -0.2) is 0 Å². The zero-order chi connectivity index (χ0) is 18.4. The van der Waals surface area contributed by atoms with Gasteiger partial charge in [-0.05, 0) is 49.2 Å². The van der Waals surface area contributed by atoms with Gasteiger partial charge in [0.15, 0.2) is 0 Å². The molecule has 2 saturated heterocycles. The van der Waals surface area contributed by atoms with Crippen LogP contribution < -0.4 is 0 Å². The van der Waals surface area contributed by atoms with E-state index in [4.69, 9.17) is 5.11 Å². The highest BCUT2D eigenvalue weighted by Crippen LogP contribution is 2.54. The van der Waals surface area contributed by atoms with Crippen LogP contribution in [0.15, 0.2) is 42.5 Å². The lowest BCUT2D eigenvalue weighted by Crippen LogP contribution is -2.33. The molecule has 1 aromatic carbocycles. The molecule has 5 heteroatoms. The van der Waals surface area contributed by atoms with E-state index in [0.29, 0.717) is 29.3 Å². The normalized spacial score (nSPS) is 28.7. The van der Waals surface area contributed by atoms with Gasteiger partial charge >= 0.3 is 5.97 Å². The molecule has 0 aliphatic carbocycles. The van der Waals surface area contributed by atoms with Crippen molar-refractivity contribution in [2.75, 3.05) is 5.75 Å². The number of fused-ring (bicyclic) bond motifs is 2. The SMILES string of the molecule is O=C(O)CCC/C=C\C[C@@H]1[C@H](C[S+]([O-])Cc2ccccc2)[C@@H]2CC[C@H]1S2. The smallest absolute Gasteiger partial charge is 0.303 e. The molecule has 2 aliphatic heterocycles. The number of benzene rings is 1. The third-order valence-electron chi connectivity index (χ3n) is 5.48. The van der Waals surface area contributed by atoms with Crippen LogP contribution in [0.4, 0.5) is 0 Å². The van der Waals surface area contributed by atoms with Crippen LogP contribution in [0.3, 0.4) is 0 Å². The second-order valence-electron chi connectivity index (χ2n) is 7.35. The Kier molecular flexibility index (Phi) is 7.52. The molecular formula is C21H28O3S2. The highest BCUT2D eigenvalue weighted by Gasteiger charge is 2.49. The van der Waals surface area contributed by atoms with Gasteiger partial charge in [0.1, 0.15) is 11.5 Å². The minimum absolute atomic E-state index is 0.245. The van der Waals surface area contributed by atoms with Crippen LogP contribution in [-0.4, -0.2) is 31.9 Å². The molecule has 2 fully saturated rings. The van der Waals surface area contributed by atoms with Crippen LogP contribution in [0.1, 0.15) is 44.1 Å². The highest BCUT2D eigenvalue weighted by atomic mass is 32.2. The Labute approximate surface area is 163 Å². The first kappa shape index (κ1) is 19.8. The largest absolute Gasteiger partial charge is 0.616 e. The van der Waals surface area contributed by atoms with E-state index >= 15 is 0 Å². The Morgan fingerprint density at radius 1 is 1.19 bits per heavy atom. The van der Waals surface area contributed by atoms with Crippen LogP contribution in [0, 0.1) is 11.8 Å². The first-order valence-electron chi connectivity index (χ1n) is 9.54. The lowest BCUT2D eigenvalue weighted by atomic mass is 9.78. The van der Waals surface area contributed by atoms with Gasteiger partial charge in [0.05, 0.1) is 0 Å². The van der Waals surface area contributed by atoms with Gasteiger partial charge in [0.25, 0.3) is 0 Å². The molecular weight excluding hydrogens is 364 g/mol. The van der Waals surface area contributed by atoms with Gasteiger partial charge in [-0.3, -0.25) is 4.79 Å². The molecule has 142 valence electrons. The Morgan fingerprint density at radius 3 is 2.65 bits per heavy atom. The summed E-state index contributed by atoms with van der Waals surface area (Å²) in [5, 5.41) is 10.1. The predicted molar refractivity (Wildman–Crippen MR) is 110 cm³/mol. The summed E-state index contributed by atoms with van der Waals surface area (Å²) >= 11 is 1.32. The number of carboxylic acid groups (broad SMARTS) is 1. The molecule has 2 aliphatic rings. The van der Waals surface area contributed by atoms with Gasteiger partial charge in [0, 0.05) is 28.4 Å². The van der Waals surface area contributed by atoms with Crippen molar-refractivity contribution in [2.24, 2.45) is 11.8 Å². The van der Waals surface area contributed by atoms with Crippen molar-refractivity contribution in [3.8, 4) is 0 Å². The number of rotatable bonds is 10. The van der Waals surface area contributed by atoms with E-state index in [1.807, 2.05) is 18.2 Å². The van der Waals surface area contributed by atoms with Gasteiger partial charge in [0.2, 0.25) is 0 Å². The van der Waals surface area contributed by atoms with E-state index in [1.54, 1.807) is 0 Å². The standard InChI is InChI=1S/C21H28O3S2/c22-21(23)11-7-2-1-6-10-17-18(20-13-12-19(17)25-20)15-26(24)14-16-8-4-3-5-9-16/h1,3-6,8-9,17-20H,2,7,10-15H2,(H,22,23)/b6-1-/t17-,18+,19-,20+,26?/m1/s1. The molecule has 3 nitrogen and oxygen atoms in total. The average Bonchev–Trinajstić information content (AvgIpc) is 3.21. The summed E-state index contributed by atoms with van der Waals surface area (Å²) in [6, 6.07) is 10.1. The quantitative estimate of drug-likeness (QED) is 0.358. The zero-order valence-corrected chi connectivity index (χ0v) is 16.7. The van der Waals surface area contributed by atoms with Gasteiger partial charge in [-0.2, -0.15) is 11.8 Å². The summed E-state index contributed by atoms with van der Waals surface area (Å²) in [5.74, 6) is 1.96. The van der Waals surface area contributed by atoms with Crippen molar-refractivity contribution in [1.82, 2.24) is 0 Å². The van der Waals surface area contributed by atoms with E-state index in [0.717, 1.165) is 29.4 Å². The van der Waals surface area contributed by atoms with Crippen molar-refractivity contribution in [3.05, 3.63) is 48.0 Å². The summed E-state index contributed by atoms with van der Waals surface area (Å²) in [6.07, 6.45) is 9.80. The Morgan fingerprint density at radius 2 is 1.92 bits per heavy atom. The summed E-state index contributed by atoms with van der Waals surface area (Å²) in [5.41, 5.74) is 1.16. The summed E-state index contributed by atoms with van der Waals surface area (Å²) < 4.78 is 12.7. The maximum atomic E-state index is 12.7. The van der Waals surface area contributed by atoms with Crippen LogP contribution >= 0.6 is 11.8 Å². The summed E-state index contributed by atoms with van der Waals surface area (Å²) in [7, 11) is 0. The van der Waals surface area contributed by atoms with Crippen molar-refractivity contribution in [1.29, 1.82) is 0 Å². The Balaban J connectivity index is 1.48. The lowest BCUT2D eigenvalue weighted by Gasteiger charge is -2.29.